The largest absolute Gasteiger partial charge is 0.423 e. The molecule has 3 rings (SSSR count). The van der Waals surface area contributed by atoms with Crippen LogP contribution in [0, 0.1) is 13.5 Å². The van der Waals surface area contributed by atoms with E-state index in [1.807, 2.05) is 66.7 Å². The molecule has 0 saturated carbocycles. The van der Waals surface area contributed by atoms with Gasteiger partial charge in [0.1, 0.15) is 5.75 Å². The van der Waals surface area contributed by atoms with Crippen LogP contribution in [0.4, 0.5) is 0 Å². The molecule has 0 N–H and O–H groups in total. The molecule has 0 aromatic heterocycles. The summed E-state index contributed by atoms with van der Waals surface area (Å²) in [6.07, 6.45) is 0.849. The molecule has 0 aliphatic carbocycles. The number of rotatable bonds is 4. The first-order valence-electron chi connectivity index (χ1n) is 7.12. The molecule has 0 fully saturated rings. The van der Waals surface area contributed by atoms with Crippen LogP contribution in [0.1, 0.15) is 21.5 Å². The Morgan fingerprint density at radius 3 is 2.04 bits per heavy atom. The molecule has 0 atom stereocenters. The van der Waals surface area contributed by atoms with Crippen LogP contribution in [0.3, 0.4) is 0 Å². The summed E-state index contributed by atoms with van der Waals surface area (Å²) in [5, 5.41) is 0. The first kappa shape index (κ1) is 20.3. The third-order valence-electron chi connectivity index (χ3n) is 3.34. The Labute approximate surface area is 168 Å². The maximum atomic E-state index is 12.0. The Balaban J connectivity index is 0.00000144. The van der Waals surface area contributed by atoms with Crippen LogP contribution >= 0.6 is 0 Å². The van der Waals surface area contributed by atoms with Gasteiger partial charge in [0.05, 0.1) is 5.56 Å². The van der Waals surface area contributed by atoms with E-state index in [4.69, 9.17) is 4.74 Å². The van der Waals surface area contributed by atoms with Gasteiger partial charge in [0.15, 0.2) is 0 Å². The van der Waals surface area contributed by atoms with Crippen molar-refractivity contribution >= 4 is 5.97 Å². The molecule has 3 aromatic rings. The second-order valence-corrected chi connectivity index (χ2v) is 4.98. The summed E-state index contributed by atoms with van der Waals surface area (Å²) in [7, 11) is 0. The summed E-state index contributed by atoms with van der Waals surface area (Å²) in [6.45, 7) is 0. The third-order valence-corrected chi connectivity index (χ3v) is 3.34. The quantitative estimate of drug-likeness (QED) is 0.365. The normalized spacial score (nSPS) is 9.33. The van der Waals surface area contributed by atoms with Gasteiger partial charge in [-0.2, -0.15) is 35.9 Å². The third kappa shape index (κ3) is 5.70. The van der Waals surface area contributed by atoms with Gasteiger partial charge in [0, 0.05) is 32.7 Å². The summed E-state index contributed by atoms with van der Waals surface area (Å²) in [4.78, 5) is 12.0. The van der Waals surface area contributed by atoms with E-state index in [1.165, 1.54) is 11.1 Å². The van der Waals surface area contributed by atoms with E-state index < -0.39 is 0 Å². The average Bonchev–Trinajstić information content (AvgIpc) is 2.58. The zero-order valence-corrected chi connectivity index (χ0v) is 16.4. The van der Waals surface area contributed by atoms with Crippen molar-refractivity contribution in [1.82, 2.24) is 0 Å². The molecule has 0 spiro atoms. The second kappa shape index (κ2) is 10.2. The smallest absolute Gasteiger partial charge is 0.343 e. The minimum atomic E-state index is -0.341. The van der Waals surface area contributed by atoms with Crippen LogP contribution < -0.4 is 4.74 Å². The number of benzene rings is 3. The van der Waals surface area contributed by atoms with Crippen molar-refractivity contribution in [3.05, 3.63) is 109 Å². The molecule has 0 heterocycles. The molecular weight excluding hydrogens is 373 g/mol. The zero-order valence-electron chi connectivity index (χ0n) is 13.6. The van der Waals surface area contributed by atoms with Crippen molar-refractivity contribution in [2.24, 2.45) is 0 Å². The molecular formula is C21H18O2Y-2. The number of esters is 1. The fourth-order valence-corrected chi connectivity index (χ4v) is 2.19. The molecule has 2 nitrogen and oxygen atoms in total. The molecule has 0 unspecified atom stereocenters. The van der Waals surface area contributed by atoms with E-state index in [2.05, 4.69) is 6.07 Å². The molecule has 119 valence electrons. The fraction of sp³-hybridized carbons (Fsp3) is 0.0476. The van der Waals surface area contributed by atoms with E-state index in [-0.39, 0.29) is 46.1 Å². The van der Waals surface area contributed by atoms with Gasteiger partial charge in [-0.25, -0.2) is 4.79 Å². The molecule has 24 heavy (non-hydrogen) atoms. The van der Waals surface area contributed by atoms with Crippen molar-refractivity contribution in [2.75, 3.05) is 0 Å². The number of hydrogen-bond acceptors (Lipinski definition) is 2. The Morgan fingerprint density at radius 1 is 0.833 bits per heavy atom. The van der Waals surface area contributed by atoms with Crippen LogP contribution in [0.2, 0.25) is 0 Å². The first-order valence-corrected chi connectivity index (χ1v) is 7.12. The van der Waals surface area contributed by atoms with E-state index in [9.17, 15) is 4.79 Å². The molecule has 3 aromatic carbocycles. The van der Waals surface area contributed by atoms with Gasteiger partial charge in [-0.1, -0.05) is 30.3 Å². The first-order chi connectivity index (χ1) is 10.8. The van der Waals surface area contributed by atoms with Crippen LogP contribution in [-0.4, -0.2) is 5.97 Å². The fourth-order valence-electron chi connectivity index (χ4n) is 2.19. The van der Waals surface area contributed by atoms with Crippen LogP contribution in [0.15, 0.2) is 78.9 Å². The van der Waals surface area contributed by atoms with Crippen LogP contribution in [0.5, 0.6) is 5.75 Å². The summed E-state index contributed by atoms with van der Waals surface area (Å²) in [6, 6.07) is 27.5. The second-order valence-electron chi connectivity index (χ2n) is 4.98. The zero-order chi connectivity index (χ0) is 15.2. The monoisotopic (exact) mass is 391 g/mol. The molecule has 0 amide bonds. The molecule has 1 radical (unpaired) electrons. The predicted octanol–water partition coefficient (Wildman–Crippen LogP) is 4.74. The number of carbonyl (C=O) groups is 1. The minimum absolute atomic E-state index is 0. The van der Waals surface area contributed by atoms with Crippen molar-refractivity contribution in [2.45, 2.75) is 6.42 Å². The number of ether oxygens (including phenoxy) is 1. The van der Waals surface area contributed by atoms with Gasteiger partial charge in [-0.15, -0.1) is 0 Å². The average molecular weight is 391 g/mol. The van der Waals surface area contributed by atoms with Gasteiger partial charge in [0.25, 0.3) is 0 Å². The summed E-state index contributed by atoms with van der Waals surface area (Å²) < 4.78 is 5.36. The van der Waals surface area contributed by atoms with E-state index in [1.54, 1.807) is 12.1 Å². The van der Waals surface area contributed by atoms with Gasteiger partial charge >= 0.3 is 5.97 Å². The maximum absolute atomic E-state index is 12.0. The topological polar surface area (TPSA) is 26.3 Å². The SMILES string of the molecule is O=C(Oc1ccc(Cc2cc[c-]cc2)cc1)c1ccccc1.[CH3-].[Y]. The summed E-state index contributed by atoms with van der Waals surface area (Å²) >= 11 is 0. The molecule has 0 aliphatic heterocycles. The van der Waals surface area contributed by atoms with Gasteiger partial charge < -0.3 is 12.2 Å². The Bertz CT molecular complexity index is 738. The van der Waals surface area contributed by atoms with Gasteiger partial charge in [0.2, 0.25) is 0 Å². The Morgan fingerprint density at radius 2 is 1.42 bits per heavy atom. The standard InChI is InChI=1S/C20H15O2.CH3.Y/c21-20(18-9-5-2-6-10-18)22-19-13-11-17(12-14-19)15-16-7-3-1-4-8-16;;/h2-14H,15H2;1H3;/q2*-1;. The number of hydrogen-bond donors (Lipinski definition) is 0. The number of carbonyl (C=O) groups excluding carboxylic acids is 1. The summed E-state index contributed by atoms with van der Waals surface area (Å²) in [5.74, 6) is 0.214. The van der Waals surface area contributed by atoms with E-state index in [0.29, 0.717) is 11.3 Å². The van der Waals surface area contributed by atoms with Gasteiger partial charge in [-0.05, 0) is 36.2 Å². The van der Waals surface area contributed by atoms with Crippen LogP contribution in [-0.2, 0) is 39.1 Å². The van der Waals surface area contributed by atoms with Crippen molar-refractivity contribution < 1.29 is 42.2 Å². The molecule has 0 saturated heterocycles. The van der Waals surface area contributed by atoms with Crippen molar-refractivity contribution in [1.29, 1.82) is 0 Å². The van der Waals surface area contributed by atoms with E-state index >= 15 is 0 Å². The Kier molecular flexibility index (Phi) is 8.60. The maximum Gasteiger partial charge on any atom is 0.343 e. The molecule has 0 aliphatic rings. The van der Waals surface area contributed by atoms with E-state index in [0.717, 1.165) is 6.42 Å². The van der Waals surface area contributed by atoms with Crippen LogP contribution in [0.25, 0.3) is 0 Å². The Hall–Kier alpha value is -1.77. The molecule has 3 heteroatoms. The van der Waals surface area contributed by atoms with Crippen molar-refractivity contribution in [3.8, 4) is 5.75 Å². The van der Waals surface area contributed by atoms with Gasteiger partial charge in [-0.3, -0.25) is 0 Å². The molecule has 0 bridgehead atoms. The minimum Gasteiger partial charge on any atom is -0.423 e. The summed E-state index contributed by atoms with van der Waals surface area (Å²) in [5.41, 5.74) is 2.95. The predicted molar refractivity (Wildman–Crippen MR) is 92.3 cm³/mol. The van der Waals surface area contributed by atoms with Crippen molar-refractivity contribution in [3.63, 3.8) is 0 Å².